The minimum absolute atomic E-state index is 0.0704. The normalized spacial score (nSPS) is 12.4. The van der Waals surface area contributed by atoms with Crippen LogP contribution in [0, 0.1) is 5.82 Å². The summed E-state index contributed by atoms with van der Waals surface area (Å²) in [4.78, 5) is 11.9. The van der Waals surface area contributed by atoms with Gasteiger partial charge in [-0.2, -0.15) is 0 Å². The molecule has 0 radical (unpaired) electrons. The largest absolute Gasteiger partial charge is 0.353 e. The van der Waals surface area contributed by atoms with Gasteiger partial charge >= 0.3 is 0 Å². The van der Waals surface area contributed by atoms with Crippen molar-refractivity contribution in [1.82, 2.24) is 20.2 Å². The Hall–Kier alpha value is -2.09. The topological polar surface area (TPSA) is 85.8 Å². The van der Waals surface area contributed by atoms with E-state index in [2.05, 4.69) is 15.5 Å². The molecule has 0 fully saturated rings. The second-order valence-electron chi connectivity index (χ2n) is 5.11. The number of carbonyl (C=O) groups is 1. The molecule has 0 spiro atoms. The Kier molecular flexibility index (Phi) is 5.02. The molecule has 1 heterocycles. The summed E-state index contributed by atoms with van der Waals surface area (Å²) in [5.41, 5.74) is 0.655. The van der Waals surface area contributed by atoms with Gasteiger partial charge in [0.15, 0.2) is 5.82 Å². The van der Waals surface area contributed by atoms with Crippen LogP contribution in [0.5, 0.6) is 0 Å². The number of nitrogen functional groups attached to an aromatic ring is 1. The maximum absolute atomic E-state index is 13.0. The Balaban J connectivity index is 2.14. The minimum atomic E-state index is -0.352. The average molecular weight is 323 g/mol. The van der Waals surface area contributed by atoms with Gasteiger partial charge in [-0.05, 0) is 45.0 Å². The maximum Gasteiger partial charge on any atom is 0.233 e. The standard InChI is InChI=1S/C14H18FN5OS/c1-8(2)17-13(21)9(3)22-14-19-18-12(20(14)16)10-4-6-11(15)7-5-10/h4-9H,16H2,1-3H3,(H,17,21). The average Bonchev–Trinajstić information content (AvgIpc) is 2.80. The van der Waals surface area contributed by atoms with E-state index in [0.29, 0.717) is 16.5 Å². The lowest BCUT2D eigenvalue weighted by molar-refractivity contribution is -0.120. The van der Waals surface area contributed by atoms with Crippen LogP contribution in [0.4, 0.5) is 4.39 Å². The van der Waals surface area contributed by atoms with Crippen molar-refractivity contribution in [3.05, 3.63) is 30.1 Å². The van der Waals surface area contributed by atoms with Gasteiger partial charge in [0.05, 0.1) is 5.25 Å². The molecule has 8 heteroatoms. The number of hydrogen-bond acceptors (Lipinski definition) is 5. The first-order valence-electron chi connectivity index (χ1n) is 6.82. The van der Waals surface area contributed by atoms with Crippen LogP contribution in [0.2, 0.25) is 0 Å². The highest BCUT2D eigenvalue weighted by Crippen LogP contribution is 2.24. The number of aromatic nitrogens is 3. The van der Waals surface area contributed by atoms with Crippen molar-refractivity contribution in [2.24, 2.45) is 0 Å². The number of thioether (sulfide) groups is 1. The van der Waals surface area contributed by atoms with E-state index in [-0.39, 0.29) is 23.0 Å². The molecule has 0 aliphatic heterocycles. The number of benzene rings is 1. The Morgan fingerprint density at radius 2 is 1.91 bits per heavy atom. The van der Waals surface area contributed by atoms with E-state index in [0.717, 1.165) is 0 Å². The fourth-order valence-electron chi connectivity index (χ4n) is 1.77. The van der Waals surface area contributed by atoms with E-state index in [9.17, 15) is 9.18 Å². The summed E-state index contributed by atoms with van der Waals surface area (Å²) < 4.78 is 14.3. The summed E-state index contributed by atoms with van der Waals surface area (Å²) in [6.07, 6.45) is 0. The molecule has 118 valence electrons. The van der Waals surface area contributed by atoms with E-state index < -0.39 is 0 Å². The Bertz CT molecular complexity index is 656. The lowest BCUT2D eigenvalue weighted by atomic mass is 10.2. The first kappa shape index (κ1) is 16.3. The van der Waals surface area contributed by atoms with Crippen molar-refractivity contribution < 1.29 is 9.18 Å². The van der Waals surface area contributed by atoms with Crippen LogP contribution in [-0.2, 0) is 4.79 Å². The molecule has 2 aromatic rings. The van der Waals surface area contributed by atoms with E-state index >= 15 is 0 Å². The van der Waals surface area contributed by atoms with Gasteiger partial charge in [0.2, 0.25) is 11.1 Å². The number of hydrogen-bond donors (Lipinski definition) is 2. The molecular weight excluding hydrogens is 305 g/mol. The van der Waals surface area contributed by atoms with Gasteiger partial charge in [0.25, 0.3) is 0 Å². The van der Waals surface area contributed by atoms with Crippen molar-refractivity contribution in [2.75, 3.05) is 5.84 Å². The molecule has 6 nitrogen and oxygen atoms in total. The molecule has 3 N–H and O–H groups in total. The second kappa shape index (κ2) is 6.78. The molecule has 0 saturated heterocycles. The highest BCUT2D eigenvalue weighted by molar-refractivity contribution is 8.00. The molecule has 1 atom stereocenters. The van der Waals surface area contributed by atoms with Gasteiger partial charge in [-0.25, -0.2) is 9.07 Å². The van der Waals surface area contributed by atoms with Crippen LogP contribution in [0.1, 0.15) is 20.8 Å². The lowest BCUT2D eigenvalue weighted by Crippen LogP contribution is -2.36. The lowest BCUT2D eigenvalue weighted by Gasteiger charge is -2.13. The molecular formula is C14H18FN5OS. The third-order valence-electron chi connectivity index (χ3n) is 2.85. The van der Waals surface area contributed by atoms with E-state index in [4.69, 9.17) is 5.84 Å². The predicted molar refractivity (Wildman–Crippen MR) is 84.2 cm³/mol. The summed E-state index contributed by atoms with van der Waals surface area (Å²) in [5, 5.41) is 10.9. The molecule has 22 heavy (non-hydrogen) atoms. The molecule has 1 amide bonds. The van der Waals surface area contributed by atoms with Crippen LogP contribution < -0.4 is 11.2 Å². The molecule has 0 bridgehead atoms. The summed E-state index contributed by atoms with van der Waals surface area (Å²) >= 11 is 1.22. The zero-order valence-corrected chi connectivity index (χ0v) is 13.4. The minimum Gasteiger partial charge on any atom is -0.353 e. The summed E-state index contributed by atoms with van der Waals surface area (Å²) in [6.45, 7) is 5.56. The quantitative estimate of drug-likeness (QED) is 0.647. The van der Waals surface area contributed by atoms with Crippen LogP contribution in [0.15, 0.2) is 29.4 Å². The summed E-state index contributed by atoms with van der Waals surface area (Å²) in [5.74, 6) is 5.96. The van der Waals surface area contributed by atoms with Crippen molar-refractivity contribution in [2.45, 2.75) is 37.2 Å². The highest BCUT2D eigenvalue weighted by Gasteiger charge is 2.20. The molecule has 0 saturated carbocycles. The van der Waals surface area contributed by atoms with Crippen molar-refractivity contribution >= 4 is 17.7 Å². The fraction of sp³-hybridized carbons (Fsp3) is 0.357. The van der Waals surface area contributed by atoms with Crippen molar-refractivity contribution in [3.8, 4) is 11.4 Å². The number of nitrogens with zero attached hydrogens (tertiary/aromatic N) is 3. The third-order valence-corrected chi connectivity index (χ3v) is 3.91. The third kappa shape index (κ3) is 3.76. The monoisotopic (exact) mass is 323 g/mol. The Labute approximate surface area is 132 Å². The predicted octanol–water partition coefficient (Wildman–Crippen LogP) is 1.80. The molecule has 1 unspecified atom stereocenters. The van der Waals surface area contributed by atoms with Gasteiger partial charge in [0.1, 0.15) is 5.82 Å². The molecule has 0 aliphatic rings. The number of halogens is 1. The smallest absolute Gasteiger partial charge is 0.233 e. The summed E-state index contributed by atoms with van der Waals surface area (Å²) in [6, 6.07) is 5.88. The molecule has 1 aromatic carbocycles. The molecule has 0 aliphatic carbocycles. The SMILES string of the molecule is CC(C)NC(=O)C(C)Sc1nnc(-c2ccc(F)cc2)n1N. The van der Waals surface area contributed by atoms with Crippen molar-refractivity contribution in [1.29, 1.82) is 0 Å². The highest BCUT2D eigenvalue weighted by atomic mass is 32.2. The van der Waals surface area contributed by atoms with Crippen LogP contribution in [0.3, 0.4) is 0 Å². The van der Waals surface area contributed by atoms with E-state index in [1.54, 1.807) is 19.1 Å². The zero-order valence-electron chi connectivity index (χ0n) is 12.6. The Morgan fingerprint density at radius 3 is 2.50 bits per heavy atom. The van der Waals surface area contributed by atoms with Crippen molar-refractivity contribution in [3.63, 3.8) is 0 Å². The summed E-state index contributed by atoms with van der Waals surface area (Å²) in [7, 11) is 0. The number of carbonyl (C=O) groups excluding carboxylic acids is 1. The first-order chi connectivity index (χ1) is 10.4. The first-order valence-corrected chi connectivity index (χ1v) is 7.70. The van der Waals surface area contributed by atoms with Gasteiger partial charge in [-0.15, -0.1) is 10.2 Å². The zero-order chi connectivity index (χ0) is 16.3. The molecule has 2 rings (SSSR count). The van der Waals surface area contributed by atoms with Crippen LogP contribution >= 0.6 is 11.8 Å². The van der Waals surface area contributed by atoms with Crippen LogP contribution in [-0.4, -0.2) is 32.1 Å². The van der Waals surface area contributed by atoms with Gasteiger partial charge in [-0.1, -0.05) is 11.8 Å². The van der Waals surface area contributed by atoms with Gasteiger partial charge < -0.3 is 11.2 Å². The maximum atomic E-state index is 13.0. The fourth-order valence-corrected chi connectivity index (χ4v) is 2.55. The second-order valence-corrected chi connectivity index (χ2v) is 6.41. The number of nitrogens with one attached hydrogen (secondary N) is 1. The van der Waals surface area contributed by atoms with Gasteiger partial charge in [-0.3, -0.25) is 4.79 Å². The van der Waals surface area contributed by atoms with E-state index in [1.807, 2.05) is 13.8 Å². The number of nitrogens with two attached hydrogens (primary N) is 1. The van der Waals surface area contributed by atoms with Crippen LogP contribution in [0.25, 0.3) is 11.4 Å². The van der Waals surface area contributed by atoms with Gasteiger partial charge in [0, 0.05) is 11.6 Å². The molecule has 1 aromatic heterocycles. The number of amides is 1. The number of rotatable bonds is 5. The Morgan fingerprint density at radius 1 is 1.27 bits per heavy atom. The van der Waals surface area contributed by atoms with E-state index in [1.165, 1.54) is 28.6 Å².